The molecular weight excluding hydrogens is 337 g/mol. The number of rotatable bonds is 6. The second-order valence-corrected chi connectivity index (χ2v) is 7.63. The van der Waals surface area contributed by atoms with E-state index in [2.05, 4.69) is 12.2 Å². The molecule has 3 rings (SSSR count). The Hall–Kier alpha value is -1.99. The third-order valence-electron chi connectivity index (χ3n) is 5.09. The Labute approximate surface area is 153 Å². The summed E-state index contributed by atoms with van der Waals surface area (Å²) in [5, 5.41) is 2.81. The normalized spacial score (nSPS) is 22.4. The van der Waals surface area contributed by atoms with Gasteiger partial charge in [0.05, 0.1) is 25.7 Å². The highest BCUT2D eigenvalue weighted by Gasteiger charge is 2.37. The predicted molar refractivity (Wildman–Crippen MR) is 94.8 cm³/mol. The quantitative estimate of drug-likeness (QED) is 0.820. The van der Waals surface area contributed by atoms with Crippen molar-refractivity contribution in [1.82, 2.24) is 15.1 Å². The highest BCUT2D eigenvalue weighted by molar-refractivity contribution is 5.88. The molecule has 0 radical (unpaired) electrons. The van der Waals surface area contributed by atoms with Crippen LogP contribution < -0.4 is 5.32 Å². The zero-order chi connectivity index (χ0) is 18.7. The molecule has 1 atom stereocenters. The Bertz CT molecular complexity index is 678. The molecule has 142 valence electrons. The monoisotopic (exact) mass is 363 g/mol. The fraction of sp³-hybridized carbons (Fsp3) is 0.579. The van der Waals surface area contributed by atoms with Gasteiger partial charge in [-0.1, -0.05) is 25.1 Å². The maximum absolute atomic E-state index is 14.0. The van der Waals surface area contributed by atoms with Gasteiger partial charge < -0.3 is 15.0 Å². The molecule has 1 aromatic carbocycles. The van der Waals surface area contributed by atoms with E-state index in [0.717, 1.165) is 0 Å². The van der Waals surface area contributed by atoms with Gasteiger partial charge in [-0.15, -0.1) is 0 Å². The first-order valence-corrected chi connectivity index (χ1v) is 8.95. The van der Waals surface area contributed by atoms with Crippen LogP contribution in [0.15, 0.2) is 24.3 Å². The predicted octanol–water partition coefficient (Wildman–Crippen LogP) is 1.01. The van der Waals surface area contributed by atoms with Crippen LogP contribution in [0.4, 0.5) is 4.39 Å². The summed E-state index contributed by atoms with van der Waals surface area (Å²) in [4.78, 5) is 28.6. The van der Waals surface area contributed by atoms with E-state index in [0.29, 0.717) is 45.0 Å². The summed E-state index contributed by atoms with van der Waals surface area (Å²) in [7, 11) is 1.76. The maximum Gasteiger partial charge on any atom is 0.237 e. The Kier molecular flexibility index (Phi) is 5.58. The Morgan fingerprint density at radius 2 is 2.15 bits per heavy atom. The van der Waals surface area contributed by atoms with Gasteiger partial charge in [-0.05, 0) is 6.07 Å². The molecule has 1 N–H and O–H groups in total. The Morgan fingerprint density at radius 1 is 1.42 bits per heavy atom. The summed E-state index contributed by atoms with van der Waals surface area (Å²) in [6, 6.07) is 5.96. The van der Waals surface area contributed by atoms with E-state index in [9.17, 15) is 14.0 Å². The Balaban J connectivity index is 1.65. The second-order valence-electron chi connectivity index (χ2n) is 7.63. The largest absolute Gasteiger partial charge is 0.380 e. The summed E-state index contributed by atoms with van der Waals surface area (Å²) in [5.74, 6) is -0.551. The van der Waals surface area contributed by atoms with Gasteiger partial charge >= 0.3 is 0 Å². The molecule has 6 nitrogen and oxygen atoms in total. The van der Waals surface area contributed by atoms with Gasteiger partial charge in [0, 0.05) is 44.2 Å². The summed E-state index contributed by atoms with van der Waals surface area (Å²) in [6.45, 7) is 5.39. The highest BCUT2D eigenvalue weighted by atomic mass is 19.1. The number of nitrogens with zero attached hydrogens (tertiary/aromatic N) is 2. The molecule has 0 aromatic heterocycles. The van der Waals surface area contributed by atoms with Gasteiger partial charge in [-0.3, -0.25) is 14.5 Å². The van der Waals surface area contributed by atoms with Crippen LogP contribution in [0.2, 0.25) is 0 Å². The minimum Gasteiger partial charge on any atom is -0.380 e. The molecule has 2 saturated heterocycles. The van der Waals surface area contributed by atoms with Crippen molar-refractivity contribution < 1.29 is 18.7 Å². The molecule has 2 heterocycles. The summed E-state index contributed by atoms with van der Waals surface area (Å²) in [6.07, 6.45) is 0.0910. The molecule has 0 spiro atoms. The summed E-state index contributed by atoms with van der Waals surface area (Å²) in [5.41, 5.74) is 0.527. The molecule has 26 heavy (non-hydrogen) atoms. The zero-order valence-electron chi connectivity index (χ0n) is 15.3. The smallest absolute Gasteiger partial charge is 0.237 e. The van der Waals surface area contributed by atoms with Crippen LogP contribution in [0, 0.1) is 11.2 Å². The van der Waals surface area contributed by atoms with Crippen LogP contribution in [-0.4, -0.2) is 67.6 Å². The fourth-order valence-electron chi connectivity index (χ4n) is 3.54. The minimum absolute atomic E-state index is 0.00785. The van der Waals surface area contributed by atoms with Gasteiger partial charge in [0.1, 0.15) is 5.82 Å². The molecule has 0 saturated carbocycles. The van der Waals surface area contributed by atoms with Gasteiger partial charge in [0.2, 0.25) is 11.8 Å². The van der Waals surface area contributed by atoms with E-state index in [-0.39, 0.29) is 29.5 Å². The number of carbonyl (C=O) groups excluding carboxylic acids is 2. The van der Waals surface area contributed by atoms with Crippen molar-refractivity contribution in [2.75, 3.05) is 39.9 Å². The number of amides is 2. The van der Waals surface area contributed by atoms with Crippen molar-refractivity contribution in [3.05, 3.63) is 35.6 Å². The van der Waals surface area contributed by atoms with Gasteiger partial charge in [-0.2, -0.15) is 0 Å². The first kappa shape index (κ1) is 18.8. The summed E-state index contributed by atoms with van der Waals surface area (Å²) >= 11 is 0. The molecule has 2 amide bonds. The molecule has 0 aliphatic carbocycles. The zero-order valence-corrected chi connectivity index (χ0v) is 15.3. The third kappa shape index (κ3) is 4.22. The van der Waals surface area contributed by atoms with E-state index in [1.165, 1.54) is 6.07 Å². The number of piperazine rings is 1. The second kappa shape index (κ2) is 7.72. The standard InChI is InChI=1S/C19H26FN3O3/c1-19(12-26-13-19)11-22(2)17(24)9-16-18(25)21-7-8-23(16)10-14-5-3-4-6-15(14)20/h3-6,16H,7-13H2,1-2H3,(H,21,25)/t16-/m1/s1. The van der Waals surface area contributed by atoms with Gasteiger partial charge in [0.15, 0.2) is 0 Å². The van der Waals surface area contributed by atoms with Crippen molar-refractivity contribution >= 4 is 11.8 Å². The van der Waals surface area contributed by atoms with Crippen LogP contribution in [-0.2, 0) is 20.9 Å². The first-order valence-electron chi connectivity index (χ1n) is 8.95. The topological polar surface area (TPSA) is 61.9 Å². The van der Waals surface area contributed by atoms with Crippen LogP contribution >= 0.6 is 0 Å². The van der Waals surface area contributed by atoms with E-state index < -0.39 is 6.04 Å². The van der Waals surface area contributed by atoms with Crippen molar-refractivity contribution in [2.24, 2.45) is 5.41 Å². The van der Waals surface area contributed by atoms with Crippen molar-refractivity contribution in [3.8, 4) is 0 Å². The van der Waals surface area contributed by atoms with E-state index >= 15 is 0 Å². The lowest BCUT2D eigenvalue weighted by Gasteiger charge is -2.41. The van der Waals surface area contributed by atoms with Crippen LogP contribution in [0.5, 0.6) is 0 Å². The van der Waals surface area contributed by atoms with E-state index in [1.54, 1.807) is 30.1 Å². The van der Waals surface area contributed by atoms with Gasteiger partial charge in [-0.25, -0.2) is 4.39 Å². The molecule has 7 heteroatoms. The average Bonchev–Trinajstić information content (AvgIpc) is 2.58. The van der Waals surface area contributed by atoms with Crippen molar-refractivity contribution in [1.29, 1.82) is 0 Å². The van der Waals surface area contributed by atoms with Crippen molar-refractivity contribution in [2.45, 2.75) is 25.9 Å². The SMILES string of the molecule is CN(CC1(C)COC1)C(=O)C[C@@H]1C(=O)NCCN1Cc1ccccc1F. The molecule has 2 aliphatic rings. The first-order chi connectivity index (χ1) is 12.4. The van der Waals surface area contributed by atoms with Crippen LogP contribution in [0.1, 0.15) is 18.9 Å². The molecule has 0 unspecified atom stereocenters. The molecular formula is C19H26FN3O3. The number of benzene rings is 1. The lowest BCUT2D eigenvalue weighted by molar-refractivity contribution is -0.146. The summed E-state index contributed by atoms with van der Waals surface area (Å²) < 4.78 is 19.2. The Morgan fingerprint density at radius 3 is 2.81 bits per heavy atom. The number of ether oxygens (including phenoxy) is 1. The fourth-order valence-corrected chi connectivity index (χ4v) is 3.54. The number of hydrogen-bond donors (Lipinski definition) is 1. The lowest BCUT2D eigenvalue weighted by atomic mass is 9.88. The number of nitrogens with one attached hydrogen (secondary N) is 1. The molecule has 0 bridgehead atoms. The third-order valence-corrected chi connectivity index (χ3v) is 5.09. The number of carbonyl (C=O) groups is 2. The highest BCUT2D eigenvalue weighted by Crippen LogP contribution is 2.27. The van der Waals surface area contributed by atoms with E-state index in [1.807, 2.05) is 4.90 Å². The molecule has 1 aromatic rings. The molecule has 2 aliphatic heterocycles. The average molecular weight is 363 g/mol. The minimum atomic E-state index is -0.580. The van der Waals surface area contributed by atoms with E-state index in [4.69, 9.17) is 4.74 Å². The van der Waals surface area contributed by atoms with Crippen LogP contribution in [0.3, 0.4) is 0 Å². The molecule has 2 fully saturated rings. The van der Waals surface area contributed by atoms with Crippen LogP contribution in [0.25, 0.3) is 0 Å². The van der Waals surface area contributed by atoms with Crippen molar-refractivity contribution in [3.63, 3.8) is 0 Å². The number of halogens is 1. The lowest BCUT2D eigenvalue weighted by Crippen LogP contribution is -2.56. The van der Waals surface area contributed by atoms with Gasteiger partial charge in [0.25, 0.3) is 0 Å². The number of hydrogen-bond acceptors (Lipinski definition) is 4. The maximum atomic E-state index is 14.0.